The summed E-state index contributed by atoms with van der Waals surface area (Å²) in [5.41, 5.74) is 0. The number of hydrogen-bond donors (Lipinski definition) is 2. The number of rotatable bonds is 4. The third kappa shape index (κ3) is 3.22. The summed E-state index contributed by atoms with van der Waals surface area (Å²) in [6.07, 6.45) is 2.29. The molecule has 0 spiro atoms. The molecule has 1 heterocycles. The number of sulfonamides is 1. The maximum atomic E-state index is 11.8. The minimum absolute atomic E-state index is 0.0508. The zero-order valence-corrected chi connectivity index (χ0v) is 9.73. The minimum atomic E-state index is -3.08. The van der Waals surface area contributed by atoms with Gasteiger partial charge in [0.25, 0.3) is 0 Å². The summed E-state index contributed by atoms with van der Waals surface area (Å²) in [7, 11) is -3.08. The molecule has 4 nitrogen and oxygen atoms in total. The minimum Gasteiger partial charge on any atom is -0.317 e. The maximum Gasteiger partial charge on any atom is 0.214 e. The fraction of sp³-hybridized carbons (Fsp3) is 1.00. The Bertz CT molecular complexity index is 258. The van der Waals surface area contributed by atoms with Gasteiger partial charge in [-0.2, -0.15) is 0 Å². The van der Waals surface area contributed by atoms with Gasteiger partial charge < -0.3 is 5.32 Å². The molecule has 0 aromatic rings. The highest BCUT2D eigenvalue weighted by atomic mass is 32.2. The summed E-state index contributed by atoms with van der Waals surface area (Å²) < 4.78 is 26.4. The van der Waals surface area contributed by atoms with Crippen molar-refractivity contribution in [3.63, 3.8) is 0 Å². The van der Waals surface area contributed by atoms with Crippen molar-refractivity contribution >= 4 is 10.0 Å². The van der Waals surface area contributed by atoms with Crippen LogP contribution in [0.1, 0.15) is 33.1 Å². The van der Waals surface area contributed by atoms with Crippen molar-refractivity contribution in [2.75, 3.05) is 13.1 Å². The van der Waals surface area contributed by atoms with Crippen LogP contribution in [0.15, 0.2) is 0 Å². The molecule has 1 saturated heterocycles. The zero-order valence-electron chi connectivity index (χ0n) is 8.91. The molecule has 5 heteroatoms. The molecule has 0 saturated carbocycles. The Kier molecular flexibility index (Phi) is 4.34. The molecule has 1 rings (SSSR count). The highest BCUT2D eigenvalue weighted by Crippen LogP contribution is 2.12. The van der Waals surface area contributed by atoms with Crippen LogP contribution in [-0.2, 0) is 10.0 Å². The lowest BCUT2D eigenvalue weighted by Gasteiger charge is -2.24. The summed E-state index contributed by atoms with van der Waals surface area (Å²) in [4.78, 5) is 0. The fourth-order valence-corrected chi connectivity index (χ4v) is 3.34. The molecule has 14 heavy (non-hydrogen) atoms. The molecule has 1 aliphatic rings. The highest BCUT2D eigenvalue weighted by Gasteiger charge is 2.27. The molecule has 0 aliphatic carbocycles. The largest absolute Gasteiger partial charge is 0.317 e. The standard InChI is InChI=1S/C9H20N2O2S/c1-3-8(2)11-14(12,13)9-4-6-10-7-5-9/h8-11H,3-7H2,1-2H3. The summed E-state index contributed by atoms with van der Waals surface area (Å²) in [6.45, 7) is 5.51. The molecule has 1 aliphatic heterocycles. The van der Waals surface area contributed by atoms with Crippen LogP contribution in [0.4, 0.5) is 0 Å². The van der Waals surface area contributed by atoms with Crippen LogP contribution >= 0.6 is 0 Å². The van der Waals surface area contributed by atoms with E-state index in [1.807, 2.05) is 13.8 Å². The van der Waals surface area contributed by atoms with E-state index in [0.29, 0.717) is 0 Å². The number of hydrogen-bond acceptors (Lipinski definition) is 3. The van der Waals surface area contributed by atoms with Crippen molar-refractivity contribution in [2.24, 2.45) is 0 Å². The Morgan fingerprint density at radius 1 is 1.43 bits per heavy atom. The Hall–Kier alpha value is -0.130. The number of piperidine rings is 1. The quantitative estimate of drug-likeness (QED) is 0.723. The monoisotopic (exact) mass is 220 g/mol. The molecular formula is C9H20N2O2S. The second kappa shape index (κ2) is 5.09. The first-order valence-corrected chi connectivity index (χ1v) is 6.82. The van der Waals surface area contributed by atoms with Gasteiger partial charge in [0.1, 0.15) is 0 Å². The van der Waals surface area contributed by atoms with Crippen molar-refractivity contribution in [2.45, 2.75) is 44.4 Å². The molecule has 2 N–H and O–H groups in total. The van der Waals surface area contributed by atoms with Crippen LogP contribution in [0.25, 0.3) is 0 Å². The van der Waals surface area contributed by atoms with Gasteiger partial charge in [-0.3, -0.25) is 0 Å². The van der Waals surface area contributed by atoms with E-state index in [-0.39, 0.29) is 11.3 Å². The lowest BCUT2D eigenvalue weighted by Crippen LogP contribution is -2.44. The lowest BCUT2D eigenvalue weighted by molar-refractivity contribution is 0.481. The highest BCUT2D eigenvalue weighted by molar-refractivity contribution is 7.90. The molecule has 1 atom stereocenters. The van der Waals surface area contributed by atoms with Gasteiger partial charge >= 0.3 is 0 Å². The smallest absolute Gasteiger partial charge is 0.214 e. The van der Waals surface area contributed by atoms with Crippen LogP contribution in [0, 0.1) is 0 Å². The first kappa shape index (κ1) is 11.9. The van der Waals surface area contributed by atoms with Crippen LogP contribution in [0.5, 0.6) is 0 Å². The van der Waals surface area contributed by atoms with E-state index in [1.165, 1.54) is 0 Å². The van der Waals surface area contributed by atoms with E-state index in [1.54, 1.807) is 0 Å². The first-order chi connectivity index (χ1) is 6.56. The molecule has 1 fully saturated rings. The molecule has 0 bridgehead atoms. The normalized spacial score (nSPS) is 22.1. The second-order valence-corrected chi connectivity index (χ2v) is 5.91. The van der Waals surface area contributed by atoms with E-state index in [4.69, 9.17) is 0 Å². The number of nitrogens with one attached hydrogen (secondary N) is 2. The molecule has 0 aromatic carbocycles. The van der Waals surface area contributed by atoms with Crippen LogP contribution in [-0.4, -0.2) is 32.8 Å². The topological polar surface area (TPSA) is 58.2 Å². The van der Waals surface area contributed by atoms with Gasteiger partial charge in [-0.1, -0.05) is 6.92 Å². The summed E-state index contributed by atoms with van der Waals surface area (Å²) >= 11 is 0. The van der Waals surface area contributed by atoms with Crippen LogP contribution in [0.3, 0.4) is 0 Å². The maximum absolute atomic E-state index is 11.8. The molecule has 0 aromatic heterocycles. The third-order valence-corrected chi connectivity index (χ3v) is 4.78. The predicted octanol–water partition coefficient (Wildman–Crippen LogP) is 0.456. The average molecular weight is 220 g/mol. The van der Waals surface area contributed by atoms with Gasteiger partial charge in [-0.15, -0.1) is 0 Å². The predicted molar refractivity (Wildman–Crippen MR) is 57.7 cm³/mol. The van der Waals surface area contributed by atoms with E-state index in [9.17, 15) is 8.42 Å². The molecular weight excluding hydrogens is 200 g/mol. The van der Waals surface area contributed by atoms with Crippen molar-refractivity contribution in [3.8, 4) is 0 Å². The first-order valence-electron chi connectivity index (χ1n) is 5.28. The SMILES string of the molecule is CCC(C)NS(=O)(=O)C1CCNCC1. The Morgan fingerprint density at radius 2 is 2.00 bits per heavy atom. The Morgan fingerprint density at radius 3 is 2.50 bits per heavy atom. The van der Waals surface area contributed by atoms with Crippen molar-refractivity contribution in [1.82, 2.24) is 10.0 Å². The molecule has 84 valence electrons. The second-order valence-electron chi connectivity index (χ2n) is 3.92. The van der Waals surface area contributed by atoms with Gasteiger partial charge in [-0.25, -0.2) is 13.1 Å². The van der Waals surface area contributed by atoms with Gasteiger partial charge in [-0.05, 0) is 39.3 Å². The summed E-state index contributed by atoms with van der Waals surface area (Å²) in [5, 5.41) is 2.97. The average Bonchev–Trinajstić information content (AvgIpc) is 2.18. The van der Waals surface area contributed by atoms with Crippen LogP contribution in [0.2, 0.25) is 0 Å². The van der Waals surface area contributed by atoms with Crippen molar-refractivity contribution in [3.05, 3.63) is 0 Å². The third-order valence-electron chi connectivity index (χ3n) is 2.70. The van der Waals surface area contributed by atoms with Gasteiger partial charge in [0.2, 0.25) is 10.0 Å². The van der Waals surface area contributed by atoms with Crippen molar-refractivity contribution in [1.29, 1.82) is 0 Å². The molecule has 1 unspecified atom stereocenters. The van der Waals surface area contributed by atoms with E-state index in [2.05, 4.69) is 10.0 Å². The Balaban J connectivity index is 2.54. The zero-order chi connectivity index (χ0) is 10.6. The lowest BCUT2D eigenvalue weighted by atomic mass is 10.2. The van der Waals surface area contributed by atoms with Crippen LogP contribution < -0.4 is 10.0 Å². The van der Waals surface area contributed by atoms with E-state index >= 15 is 0 Å². The molecule has 0 radical (unpaired) electrons. The fourth-order valence-electron chi connectivity index (χ4n) is 1.57. The summed E-state index contributed by atoms with van der Waals surface area (Å²) in [6, 6.07) is 0.0508. The van der Waals surface area contributed by atoms with E-state index < -0.39 is 10.0 Å². The van der Waals surface area contributed by atoms with E-state index in [0.717, 1.165) is 32.4 Å². The molecule has 0 amide bonds. The van der Waals surface area contributed by atoms with Gasteiger partial charge in [0.15, 0.2) is 0 Å². The van der Waals surface area contributed by atoms with Gasteiger partial charge in [0.05, 0.1) is 5.25 Å². The Labute approximate surface area is 86.5 Å². The van der Waals surface area contributed by atoms with Crippen molar-refractivity contribution < 1.29 is 8.42 Å². The van der Waals surface area contributed by atoms with Gasteiger partial charge in [0, 0.05) is 6.04 Å². The summed E-state index contributed by atoms with van der Waals surface area (Å²) in [5.74, 6) is 0.